The molecule has 7 nitrogen and oxygen atoms in total. The molecule has 16 heavy (non-hydrogen) atoms. The molecular formula is C8H18N2O5S. The van der Waals surface area contributed by atoms with E-state index in [0.717, 1.165) is 0 Å². The molecule has 0 heterocycles. The zero-order valence-corrected chi connectivity index (χ0v) is 10.4. The normalized spacial score (nSPS) is 16.8. The minimum atomic E-state index is -4.12. The molecule has 8 heteroatoms. The lowest BCUT2D eigenvalue weighted by Crippen LogP contribution is -2.62. The van der Waals surface area contributed by atoms with Crippen LogP contribution in [0.5, 0.6) is 0 Å². The number of carbonyl (C=O) groups is 1. The molecule has 0 bridgehead atoms. The first-order valence-electron chi connectivity index (χ1n) is 4.68. The van der Waals surface area contributed by atoms with Crippen molar-refractivity contribution in [2.45, 2.75) is 18.5 Å². The number of nitrogens with two attached hydrogens (primary N) is 1. The molecule has 0 aromatic heterocycles. The second kappa shape index (κ2) is 5.09. The summed E-state index contributed by atoms with van der Waals surface area (Å²) in [4.78, 5) is 10.9. The Kier molecular flexibility index (Phi) is 4.86. The van der Waals surface area contributed by atoms with E-state index in [9.17, 15) is 18.3 Å². The van der Waals surface area contributed by atoms with E-state index in [2.05, 4.69) is 0 Å². The van der Waals surface area contributed by atoms with E-state index in [1.54, 1.807) is 21.1 Å². The van der Waals surface area contributed by atoms with Crippen LogP contribution in [0.4, 0.5) is 0 Å². The molecular weight excluding hydrogens is 236 g/mol. The second-order valence-corrected chi connectivity index (χ2v) is 6.19. The highest BCUT2D eigenvalue weighted by molar-refractivity contribution is 7.85. The number of aliphatic carboxylic acids is 1. The van der Waals surface area contributed by atoms with E-state index in [4.69, 9.17) is 10.3 Å². The van der Waals surface area contributed by atoms with Crippen LogP contribution in [0.3, 0.4) is 0 Å². The first-order chi connectivity index (χ1) is 6.95. The summed E-state index contributed by atoms with van der Waals surface area (Å²) in [7, 11) is 0.732. The number of rotatable bonds is 6. The zero-order valence-electron chi connectivity index (χ0n) is 9.58. The fraction of sp³-hybridized carbons (Fsp3) is 0.875. The summed E-state index contributed by atoms with van der Waals surface area (Å²) < 4.78 is 29.6. The lowest BCUT2D eigenvalue weighted by atomic mass is 10.0. The maximum atomic E-state index is 10.9. The smallest absolute Gasteiger partial charge is 0.264 e. The van der Waals surface area contributed by atoms with Crippen molar-refractivity contribution in [1.29, 1.82) is 0 Å². The summed E-state index contributed by atoms with van der Waals surface area (Å²) in [6, 6.07) is -1.92. The molecule has 3 N–H and O–H groups in total. The molecule has 0 rings (SSSR count). The molecule has 0 aromatic rings. The molecule has 0 saturated heterocycles. The standard InChI is InChI=1S/C8H18N2O5S/c1-10(2,3)7(8(11)12)6(9)4-5-16(13,14)15/h6-7H,4-5,9H2,1-3H3,(H-,11,12,13,14,15). The summed E-state index contributed by atoms with van der Waals surface area (Å²) in [6.07, 6.45) is -0.132. The number of hydrogen-bond donors (Lipinski definition) is 2. The molecule has 2 unspecified atom stereocenters. The Labute approximate surface area is 95.2 Å². The van der Waals surface area contributed by atoms with Crippen molar-refractivity contribution in [3.63, 3.8) is 0 Å². The van der Waals surface area contributed by atoms with Gasteiger partial charge < -0.3 is 20.1 Å². The Balaban J connectivity index is 4.66. The van der Waals surface area contributed by atoms with Crippen LogP contribution in [0.1, 0.15) is 6.42 Å². The van der Waals surface area contributed by atoms with E-state index >= 15 is 0 Å². The Bertz CT molecular complexity index is 346. The van der Waals surface area contributed by atoms with E-state index in [1.165, 1.54) is 0 Å². The zero-order chi connectivity index (χ0) is 13.1. The quantitative estimate of drug-likeness (QED) is 0.396. The van der Waals surface area contributed by atoms with Crippen LogP contribution in [0.25, 0.3) is 0 Å². The van der Waals surface area contributed by atoms with E-state index < -0.39 is 33.9 Å². The van der Waals surface area contributed by atoms with E-state index in [0.29, 0.717) is 0 Å². The van der Waals surface area contributed by atoms with Gasteiger partial charge in [0, 0.05) is 0 Å². The van der Waals surface area contributed by atoms with Crippen molar-refractivity contribution in [2.75, 3.05) is 26.9 Å². The number of carboxylic acids is 1. The predicted molar refractivity (Wildman–Crippen MR) is 55.8 cm³/mol. The number of nitrogens with zero attached hydrogens (tertiary/aromatic N) is 1. The fourth-order valence-electron chi connectivity index (χ4n) is 1.51. The van der Waals surface area contributed by atoms with Crippen LogP contribution >= 0.6 is 0 Å². The largest absolute Gasteiger partial charge is 0.544 e. The third-order valence-corrected chi connectivity index (χ3v) is 2.94. The van der Waals surface area contributed by atoms with Gasteiger partial charge >= 0.3 is 0 Å². The minimum absolute atomic E-state index is 0.0228. The summed E-state index contributed by atoms with van der Waals surface area (Å²) in [5, 5.41) is 10.9. The van der Waals surface area contributed by atoms with Gasteiger partial charge in [-0.05, 0) is 6.42 Å². The van der Waals surface area contributed by atoms with Gasteiger partial charge in [0.15, 0.2) is 0 Å². The van der Waals surface area contributed by atoms with Gasteiger partial charge in [0.05, 0.1) is 32.9 Å². The van der Waals surface area contributed by atoms with Gasteiger partial charge in [0.25, 0.3) is 10.1 Å². The number of quaternary nitrogens is 1. The van der Waals surface area contributed by atoms with Crippen LogP contribution in [-0.2, 0) is 14.9 Å². The van der Waals surface area contributed by atoms with Gasteiger partial charge in [-0.25, -0.2) is 0 Å². The summed E-state index contributed by atoms with van der Waals surface area (Å²) >= 11 is 0. The van der Waals surface area contributed by atoms with Crippen molar-refractivity contribution in [3.8, 4) is 0 Å². The third-order valence-electron chi connectivity index (χ3n) is 2.19. The van der Waals surface area contributed by atoms with E-state index in [1.807, 2.05) is 0 Å². The van der Waals surface area contributed by atoms with Crippen LogP contribution < -0.4 is 10.8 Å². The Morgan fingerprint density at radius 3 is 2.12 bits per heavy atom. The molecule has 0 aliphatic heterocycles. The minimum Gasteiger partial charge on any atom is -0.544 e. The maximum Gasteiger partial charge on any atom is 0.264 e. The van der Waals surface area contributed by atoms with Gasteiger partial charge in [-0.15, -0.1) is 0 Å². The molecule has 2 atom stereocenters. The molecule has 0 amide bonds. The molecule has 0 aliphatic rings. The Morgan fingerprint density at radius 1 is 1.44 bits per heavy atom. The van der Waals surface area contributed by atoms with Gasteiger partial charge in [0.2, 0.25) is 0 Å². The monoisotopic (exact) mass is 254 g/mol. The fourth-order valence-corrected chi connectivity index (χ4v) is 2.08. The first kappa shape index (κ1) is 15.3. The topological polar surface area (TPSA) is 121 Å². The van der Waals surface area contributed by atoms with Crippen molar-refractivity contribution in [1.82, 2.24) is 0 Å². The summed E-state index contributed by atoms with van der Waals surface area (Å²) in [5.41, 5.74) is 5.60. The predicted octanol–water partition coefficient (Wildman–Crippen LogP) is -2.58. The number of likely N-dealkylation sites (N-methyl/N-ethyl adjacent to an activating group) is 1. The lowest BCUT2D eigenvalue weighted by Gasteiger charge is -2.38. The number of carbonyl (C=O) groups excluding carboxylic acids is 1. The number of carboxylic acid groups (broad SMARTS) is 1. The SMILES string of the molecule is C[N+](C)(C)C(C(=O)[O-])C(N)CCS(=O)(=O)O. The van der Waals surface area contributed by atoms with E-state index in [-0.39, 0.29) is 10.9 Å². The lowest BCUT2D eigenvalue weighted by molar-refractivity contribution is -0.890. The molecule has 0 aliphatic carbocycles. The maximum absolute atomic E-state index is 10.9. The van der Waals surface area contributed by atoms with Gasteiger partial charge in [-0.1, -0.05) is 0 Å². The molecule has 0 fully saturated rings. The Morgan fingerprint density at radius 2 is 1.88 bits per heavy atom. The first-order valence-corrected chi connectivity index (χ1v) is 6.29. The van der Waals surface area contributed by atoms with Gasteiger partial charge in [0.1, 0.15) is 12.0 Å². The van der Waals surface area contributed by atoms with Crippen molar-refractivity contribution < 1.29 is 27.4 Å². The summed E-state index contributed by atoms with van der Waals surface area (Å²) in [6.45, 7) is 0. The van der Waals surface area contributed by atoms with Crippen LogP contribution in [0, 0.1) is 0 Å². The molecule has 0 radical (unpaired) electrons. The highest BCUT2D eigenvalue weighted by Gasteiger charge is 2.32. The van der Waals surface area contributed by atoms with Crippen LogP contribution in [-0.4, -0.2) is 62.4 Å². The molecule has 96 valence electrons. The van der Waals surface area contributed by atoms with Gasteiger partial charge in [-0.2, -0.15) is 8.42 Å². The molecule has 0 spiro atoms. The molecule has 0 saturated carbocycles. The average molecular weight is 254 g/mol. The van der Waals surface area contributed by atoms with Crippen molar-refractivity contribution in [2.24, 2.45) is 5.73 Å². The van der Waals surface area contributed by atoms with Gasteiger partial charge in [-0.3, -0.25) is 4.55 Å². The molecule has 0 aromatic carbocycles. The van der Waals surface area contributed by atoms with Crippen LogP contribution in [0.15, 0.2) is 0 Å². The highest BCUT2D eigenvalue weighted by atomic mass is 32.2. The van der Waals surface area contributed by atoms with Crippen molar-refractivity contribution >= 4 is 16.1 Å². The average Bonchev–Trinajstić information content (AvgIpc) is 1.95. The Hall–Kier alpha value is -0.700. The summed E-state index contributed by atoms with van der Waals surface area (Å²) in [5.74, 6) is -1.90. The number of hydrogen-bond acceptors (Lipinski definition) is 5. The van der Waals surface area contributed by atoms with Crippen LogP contribution in [0.2, 0.25) is 0 Å². The third kappa shape index (κ3) is 5.40. The second-order valence-electron chi connectivity index (χ2n) is 4.62. The highest BCUT2D eigenvalue weighted by Crippen LogP contribution is 2.09. The van der Waals surface area contributed by atoms with Crippen molar-refractivity contribution in [3.05, 3.63) is 0 Å².